The van der Waals surface area contributed by atoms with Gasteiger partial charge in [-0.15, -0.1) is 0 Å². The van der Waals surface area contributed by atoms with Crippen molar-refractivity contribution in [2.24, 2.45) is 5.92 Å². The number of anilines is 1. The van der Waals surface area contributed by atoms with Crippen LogP contribution in [-0.2, 0) is 4.74 Å². The van der Waals surface area contributed by atoms with Crippen molar-refractivity contribution >= 4 is 11.7 Å². The quantitative estimate of drug-likeness (QED) is 0.765. The van der Waals surface area contributed by atoms with Gasteiger partial charge in [0, 0.05) is 31.5 Å². The lowest BCUT2D eigenvalue weighted by Gasteiger charge is -2.18. The summed E-state index contributed by atoms with van der Waals surface area (Å²) >= 11 is 0. The van der Waals surface area contributed by atoms with Gasteiger partial charge in [-0.05, 0) is 37.8 Å². The third kappa shape index (κ3) is 4.55. The van der Waals surface area contributed by atoms with Crippen LogP contribution < -0.4 is 5.32 Å². The van der Waals surface area contributed by atoms with Crippen molar-refractivity contribution in [2.45, 2.75) is 19.8 Å². The Bertz CT molecular complexity index is 696. The summed E-state index contributed by atoms with van der Waals surface area (Å²) in [6.45, 7) is 3.80. The monoisotopic (exact) mass is 329 g/mol. The second-order valence-corrected chi connectivity index (χ2v) is 6.20. The third-order valence-electron chi connectivity index (χ3n) is 3.94. The highest BCUT2D eigenvalue weighted by Gasteiger charge is 2.21. The first-order valence-electron chi connectivity index (χ1n) is 8.21. The first kappa shape index (κ1) is 16.4. The van der Waals surface area contributed by atoms with E-state index in [0.29, 0.717) is 24.7 Å². The number of ether oxygens (including phenoxy) is 1. The molecule has 1 aliphatic rings. The molecule has 24 heavy (non-hydrogen) atoms. The summed E-state index contributed by atoms with van der Waals surface area (Å²) in [5, 5.41) is 9.84. The Morgan fingerprint density at radius 1 is 1.46 bits per heavy atom. The van der Waals surface area contributed by atoms with Crippen molar-refractivity contribution in [1.29, 1.82) is 0 Å². The van der Waals surface area contributed by atoms with E-state index in [2.05, 4.69) is 20.5 Å². The fourth-order valence-electron chi connectivity index (χ4n) is 2.26. The number of nitrogens with zero attached hydrogens (tertiary/aromatic N) is 3. The summed E-state index contributed by atoms with van der Waals surface area (Å²) in [4.78, 5) is 18.1. The predicted molar refractivity (Wildman–Crippen MR) is 91.7 cm³/mol. The number of carbonyl (C=O) groups excluding carboxylic acids is 1. The minimum Gasteiger partial charge on any atom is -0.379 e. The number of urea groups is 1. The molecule has 0 radical (unpaired) electrons. The minimum atomic E-state index is -0.159. The normalized spacial score (nSPS) is 13.8. The van der Waals surface area contributed by atoms with Crippen LogP contribution >= 0.6 is 0 Å². The van der Waals surface area contributed by atoms with Crippen LogP contribution in [-0.4, -0.2) is 52.9 Å². The topological polar surface area (TPSA) is 83.1 Å². The number of aromatic amines is 1. The smallest absolute Gasteiger partial charge is 0.321 e. The SMILES string of the molecule is Cc1nc(-c2cccc(NC(=O)N(C)CCOCC3CC3)c2)n[nH]1. The van der Waals surface area contributed by atoms with E-state index < -0.39 is 0 Å². The molecular weight excluding hydrogens is 306 g/mol. The lowest BCUT2D eigenvalue weighted by Crippen LogP contribution is -2.34. The average Bonchev–Trinajstić information content (AvgIpc) is 3.30. The fraction of sp³-hybridized carbons (Fsp3) is 0.471. The van der Waals surface area contributed by atoms with Crippen LogP contribution in [0.4, 0.5) is 10.5 Å². The van der Waals surface area contributed by atoms with E-state index in [4.69, 9.17) is 4.74 Å². The highest BCUT2D eigenvalue weighted by molar-refractivity contribution is 5.89. The van der Waals surface area contributed by atoms with Gasteiger partial charge in [-0.1, -0.05) is 12.1 Å². The van der Waals surface area contributed by atoms with E-state index >= 15 is 0 Å². The summed E-state index contributed by atoms with van der Waals surface area (Å²) < 4.78 is 5.57. The second-order valence-electron chi connectivity index (χ2n) is 6.20. The molecule has 0 unspecified atom stereocenters. The van der Waals surface area contributed by atoms with Crippen LogP contribution in [0.5, 0.6) is 0 Å². The Labute approximate surface area is 141 Å². The van der Waals surface area contributed by atoms with Crippen LogP contribution in [0.3, 0.4) is 0 Å². The van der Waals surface area contributed by atoms with Gasteiger partial charge in [0.15, 0.2) is 5.82 Å². The Balaban J connectivity index is 1.51. The molecule has 2 N–H and O–H groups in total. The number of carbonyl (C=O) groups is 1. The lowest BCUT2D eigenvalue weighted by molar-refractivity contribution is 0.109. The van der Waals surface area contributed by atoms with Gasteiger partial charge in [-0.25, -0.2) is 9.78 Å². The van der Waals surface area contributed by atoms with E-state index in [9.17, 15) is 4.79 Å². The Kier molecular flexibility index (Phi) is 5.10. The number of nitrogens with one attached hydrogen (secondary N) is 2. The molecule has 7 heteroatoms. The number of aromatic nitrogens is 3. The van der Waals surface area contributed by atoms with Gasteiger partial charge < -0.3 is 15.0 Å². The maximum absolute atomic E-state index is 12.2. The van der Waals surface area contributed by atoms with Gasteiger partial charge in [0.2, 0.25) is 0 Å². The van der Waals surface area contributed by atoms with Gasteiger partial charge in [0.25, 0.3) is 0 Å². The van der Waals surface area contributed by atoms with Crippen molar-refractivity contribution in [3.8, 4) is 11.4 Å². The molecule has 1 aliphatic carbocycles. The van der Waals surface area contributed by atoms with Crippen LogP contribution in [0.25, 0.3) is 11.4 Å². The Morgan fingerprint density at radius 3 is 3.00 bits per heavy atom. The van der Waals surface area contributed by atoms with E-state index in [1.807, 2.05) is 31.2 Å². The average molecular weight is 329 g/mol. The largest absolute Gasteiger partial charge is 0.379 e. The molecule has 2 aromatic rings. The Hall–Kier alpha value is -2.41. The predicted octanol–water partition coefficient (Wildman–Crippen LogP) is 2.67. The number of H-pyrrole nitrogens is 1. The molecule has 1 aromatic carbocycles. The van der Waals surface area contributed by atoms with Crippen molar-refractivity contribution in [3.05, 3.63) is 30.1 Å². The number of likely N-dealkylation sites (N-methyl/N-ethyl adjacent to an activating group) is 1. The van der Waals surface area contributed by atoms with E-state index in [1.54, 1.807) is 11.9 Å². The molecule has 1 fully saturated rings. The van der Waals surface area contributed by atoms with Gasteiger partial charge in [0.1, 0.15) is 5.82 Å². The molecule has 1 aromatic heterocycles. The van der Waals surface area contributed by atoms with E-state index in [-0.39, 0.29) is 6.03 Å². The molecule has 7 nitrogen and oxygen atoms in total. The molecule has 128 valence electrons. The lowest BCUT2D eigenvalue weighted by atomic mass is 10.2. The summed E-state index contributed by atoms with van der Waals surface area (Å²) in [5.74, 6) is 2.11. The summed E-state index contributed by atoms with van der Waals surface area (Å²) in [5.41, 5.74) is 1.57. The van der Waals surface area contributed by atoms with Gasteiger partial charge >= 0.3 is 6.03 Å². The fourth-order valence-corrected chi connectivity index (χ4v) is 2.26. The van der Waals surface area contributed by atoms with Crippen molar-refractivity contribution in [3.63, 3.8) is 0 Å². The number of rotatable bonds is 7. The van der Waals surface area contributed by atoms with Crippen molar-refractivity contribution in [1.82, 2.24) is 20.1 Å². The molecular formula is C17H23N5O2. The highest BCUT2D eigenvalue weighted by atomic mass is 16.5. The molecule has 0 aliphatic heterocycles. The van der Waals surface area contributed by atoms with Crippen LogP contribution in [0.2, 0.25) is 0 Å². The molecule has 3 rings (SSSR count). The van der Waals surface area contributed by atoms with E-state index in [0.717, 1.165) is 23.9 Å². The second kappa shape index (κ2) is 7.44. The van der Waals surface area contributed by atoms with Gasteiger partial charge in [-0.2, -0.15) is 5.10 Å². The third-order valence-corrected chi connectivity index (χ3v) is 3.94. The van der Waals surface area contributed by atoms with Crippen LogP contribution in [0, 0.1) is 12.8 Å². The summed E-state index contributed by atoms with van der Waals surface area (Å²) in [6, 6.07) is 7.33. The summed E-state index contributed by atoms with van der Waals surface area (Å²) in [6.07, 6.45) is 2.55. The summed E-state index contributed by atoms with van der Waals surface area (Å²) in [7, 11) is 1.76. The molecule has 1 heterocycles. The molecule has 0 bridgehead atoms. The number of hydrogen-bond acceptors (Lipinski definition) is 4. The van der Waals surface area contributed by atoms with Crippen LogP contribution in [0.15, 0.2) is 24.3 Å². The van der Waals surface area contributed by atoms with E-state index in [1.165, 1.54) is 12.8 Å². The number of benzene rings is 1. The maximum atomic E-state index is 12.2. The first-order valence-corrected chi connectivity index (χ1v) is 8.21. The molecule has 0 saturated heterocycles. The number of hydrogen-bond donors (Lipinski definition) is 2. The standard InChI is InChI=1S/C17H23N5O2/c1-12-18-16(21-20-12)14-4-3-5-15(10-14)19-17(23)22(2)8-9-24-11-13-6-7-13/h3-5,10,13H,6-9,11H2,1-2H3,(H,19,23)(H,18,20,21). The minimum absolute atomic E-state index is 0.159. The number of amides is 2. The molecule has 2 amide bonds. The molecule has 1 saturated carbocycles. The van der Waals surface area contributed by atoms with Crippen LogP contribution in [0.1, 0.15) is 18.7 Å². The maximum Gasteiger partial charge on any atom is 0.321 e. The zero-order valence-corrected chi connectivity index (χ0v) is 14.1. The van der Waals surface area contributed by atoms with Crippen molar-refractivity contribution in [2.75, 3.05) is 32.1 Å². The zero-order valence-electron chi connectivity index (χ0n) is 14.1. The molecule has 0 spiro atoms. The number of aryl methyl sites for hydroxylation is 1. The Morgan fingerprint density at radius 2 is 2.29 bits per heavy atom. The first-order chi connectivity index (χ1) is 11.6. The molecule has 0 atom stereocenters. The van der Waals surface area contributed by atoms with Gasteiger partial charge in [-0.3, -0.25) is 5.10 Å². The van der Waals surface area contributed by atoms with Gasteiger partial charge in [0.05, 0.1) is 6.61 Å². The van der Waals surface area contributed by atoms with Crippen molar-refractivity contribution < 1.29 is 9.53 Å². The highest BCUT2D eigenvalue weighted by Crippen LogP contribution is 2.28. The zero-order chi connectivity index (χ0) is 16.9.